The third-order valence-corrected chi connectivity index (χ3v) is 3.08. The molecule has 3 nitrogen and oxygen atoms in total. The lowest BCUT2D eigenvalue weighted by molar-refractivity contribution is 0.0952. The van der Waals surface area contributed by atoms with Gasteiger partial charge in [0, 0.05) is 12.7 Å². The summed E-state index contributed by atoms with van der Waals surface area (Å²) in [5.74, 6) is 0.785. The smallest absolute Gasteiger partial charge is 0.254 e. The Morgan fingerprint density at radius 2 is 2.38 bits per heavy atom. The van der Waals surface area contributed by atoms with Crippen LogP contribution in [0.2, 0.25) is 5.15 Å². The summed E-state index contributed by atoms with van der Waals surface area (Å²) in [6.07, 6.45) is 6.58. The number of hydrogen-bond donors (Lipinski definition) is 1. The van der Waals surface area contributed by atoms with Crippen LogP contribution >= 0.6 is 11.6 Å². The lowest BCUT2D eigenvalue weighted by Crippen LogP contribution is -2.24. The molecule has 2 rings (SSSR count). The topological polar surface area (TPSA) is 42.0 Å². The van der Waals surface area contributed by atoms with Gasteiger partial charge in [-0.15, -0.1) is 0 Å². The standard InChI is InChI=1S/C12H15ClN2O/c13-11-10(4-2-7-14-11)12(16)15-8-1-3-9-5-6-9/h2,4,7,9H,1,3,5-6,8H2,(H,15,16). The first-order valence-corrected chi connectivity index (χ1v) is 6.04. The second-order valence-electron chi connectivity index (χ2n) is 4.18. The molecule has 0 spiro atoms. The minimum absolute atomic E-state index is 0.131. The van der Waals surface area contributed by atoms with Crippen molar-refractivity contribution < 1.29 is 4.79 Å². The predicted octanol–water partition coefficient (Wildman–Crippen LogP) is 2.66. The number of hydrogen-bond acceptors (Lipinski definition) is 2. The number of amides is 1. The van der Waals surface area contributed by atoms with E-state index in [2.05, 4.69) is 10.3 Å². The van der Waals surface area contributed by atoms with Gasteiger partial charge in [-0.2, -0.15) is 0 Å². The Kier molecular flexibility index (Phi) is 3.78. The van der Waals surface area contributed by atoms with E-state index in [1.807, 2.05) is 0 Å². The van der Waals surface area contributed by atoms with E-state index in [1.54, 1.807) is 18.3 Å². The Hall–Kier alpha value is -1.09. The van der Waals surface area contributed by atoms with Crippen molar-refractivity contribution in [1.82, 2.24) is 10.3 Å². The van der Waals surface area contributed by atoms with Crippen molar-refractivity contribution in [3.05, 3.63) is 29.0 Å². The van der Waals surface area contributed by atoms with E-state index in [4.69, 9.17) is 11.6 Å². The number of halogens is 1. The van der Waals surface area contributed by atoms with Crippen LogP contribution < -0.4 is 5.32 Å². The number of nitrogens with zero attached hydrogens (tertiary/aromatic N) is 1. The molecule has 1 amide bonds. The van der Waals surface area contributed by atoms with Crippen LogP contribution in [0.15, 0.2) is 18.3 Å². The summed E-state index contributed by atoms with van der Waals surface area (Å²) in [5.41, 5.74) is 0.454. The Morgan fingerprint density at radius 3 is 3.06 bits per heavy atom. The normalized spacial score (nSPS) is 14.8. The van der Waals surface area contributed by atoms with Gasteiger partial charge >= 0.3 is 0 Å². The molecule has 1 N–H and O–H groups in total. The van der Waals surface area contributed by atoms with E-state index in [0.717, 1.165) is 18.9 Å². The summed E-state index contributed by atoms with van der Waals surface area (Å²) >= 11 is 5.82. The van der Waals surface area contributed by atoms with E-state index in [1.165, 1.54) is 19.3 Å². The SMILES string of the molecule is O=C(NCCCC1CC1)c1cccnc1Cl. The van der Waals surface area contributed by atoms with Gasteiger partial charge in [-0.05, 0) is 30.9 Å². The fourth-order valence-corrected chi connectivity index (χ4v) is 1.85. The highest BCUT2D eigenvalue weighted by molar-refractivity contribution is 6.32. The fraction of sp³-hybridized carbons (Fsp3) is 0.500. The van der Waals surface area contributed by atoms with Gasteiger partial charge in [0.2, 0.25) is 0 Å². The van der Waals surface area contributed by atoms with Crippen molar-refractivity contribution >= 4 is 17.5 Å². The van der Waals surface area contributed by atoms with Gasteiger partial charge in [0.25, 0.3) is 5.91 Å². The van der Waals surface area contributed by atoms with Crippen LogP contribution in [0.25, 0.3) is 0 Å². The lowest BCUT2D eigenvalue weighted by Gasteiger charge is -2.05. The summed E-state index contributed by atoms with van der Waals surface area (Å²) in [5, 5.41) is 3.13. The van der Waals surface area contributed by atoms with E-state index in [-0.39, 0.29) is 11.1 Å². The summed E-state index contributed by atoms with van der Waals surface area (Å²) < 4.78 is 0. The number of aromatic nitrogens is 1. The van der Waals surface area contributed by atoms with Gasteiger partial charge in [0.1, 0.15) is 5.15 Å². The molecule has 0 saturated heterocycles. The van der Waals surface area contributed by atoms with Crippen LogP contribution in [0.1, 0.15) is 36.0 Å². The Bertz CT molecular complexity index is 377. The maximum atomic E-state index is 11.7. The quantitative estimate of drug-likeness (QED) is 0.633. The molecule has 1 aromatic heterocycles. The first-order chi connectivity index (χ1) is 7.77. The Balaban J connectivity index is 1.76. The maximum absolute atomic E-state index is 11.7. The Labute approximate surface area is 100 Å². The Morgan fingerprint density at radius 1 is 1.56 bits per heavy atom. The second kappa shape index (κ2) is 5.30. The second-order valence-corrected chi connectivity index (χ2v) is 4.54. The molecule has 0 bridgehead atoms. The molecule has 0 unspecified atom stereocenters. The molecule has 0 aliphatic heterocycles. The van der Waals surface area contributed by atoms with Crippen molar-refractivity contribution in [1.29, 1.82) is 0 Å². The molecule has 1 saturated carbocycles. The number of carbonyl (C=O) groups is 1. The molecular formula is C12H15ClN2O. The predicted molar refractivity (Wildman–Crippen MR) is 63.5 cm³/mol. The molecule has 1 aromatic rings. The van der Waals surface area contributed by atoms with E-state index >= 15 is 0 Å². The zero-order chi connectivity index (χ0) is 11.4. The largest absolute Gasteiger partial charge is 0.352 e. The first kappa shape index (κ1) is 11.4. The van der Waals surface area contributed by atoms with Crippen LogP contribution in [0.5, 0.6) is 0 Å². The highest BCUT2D eigenvalue weighted by atomic mass is 35.5. The van der Waals surface area contributed by atoms with Crippen molar-refractivity contribution in [3.63, 3.8) is 0 Å². The van der Waals surface area contributed by atoms with Crippen molar-refractivity contribution in [2.45, 2.75) is 25.7 Å². The van der Waals surface area contributed by atoms with Crippen LogP contribution in [0.4, 0.5) is 0 Å². The van der Waals surface area contributed by atoms with E-state index in [0.29, 0.717) is 5.56 Å². The first-order valence-electron chi connectivity index (χ1n) is 5.66. The highest BCUT2D eigenvalue weighted by Gasteiger charge is 2.20. The fourth-order valence-electron chi connectivity index (χ4n) is 1.65. The summed E-state index contributed by atoms with van der Waals surface area (Å²) in [6, 6.07) is 3.40. The maximum Gasteiger partial charge on any atom is 0.254 e. The van der Waals surface area contributed by atoms with Gasteiger partial charge in [0.05, 0.1) is 5.56 Å². The average Bonchev–Trinajstić information content (AvgIpc) is 3.08. The van der Waals surface area contributed by atoms with E-state index in [9.17, 15) is 4.79 Å². The molecule has 0 radical (unpaired) electrons. The third kappa shape index (κ3) is 3.20. The molecule has 16 heavy (non-hydrogen) atoms. The number of nitrogens with one attached hydrogen (secondary N) is 1. The van der Waals surface area contributed by atoms with Gasteiger partial charge in [-0.25, -0.2) is 4.98 Å². The molecule has 0 atom stereocenters. The van der Waals surface area contributed by atoms with Gasteiger partial charge in [-0.1, -0.05) is 24.4 Å². The minimum atomic E-state index is -0.131. The number of rotatable bonds is 5. The van der Waals surface area contributed by atoms with Crippen molar-refractivity contribution in [2.75, 3.05) is 6.54 Å². The molecule has 4 heteroatoms. The van der Waals surface area contributed by atoms with Crippen molar-refractivity contribution in [2.24, 2.45) is 5.92 Å². The summed E-state index contributed by atoms with van der Waals surface area (Å²) in [6.45, 7) is 0.723. The molecule has 86 valence electrons. The van der Waals surface area contributed by atoms with Crippen molar-refractivity contribution in [3.8, 4) is 0 Å². The zero-order valence-corrected chi connectivity index (χ0v) is 9.83. The van der Waals surface area contributed by atoms with Gasteiger partial charge in [0.15, 0.2) is 0 Å². The van der Waals surface area contributed by atoms with Gasteiger partial charge < -0.3 is 5.32 Å². The molecule has 1 heterocycles. The lowest BCUT2D eigenvalue weighted by atomic mass is 10.2. The summed E-state index contributed by atoms with van der Waals surface area (Å²) in [4.78, 5) is 15.6. The monoisotopic (exact) mass is 238 g/mol. The molecule has 1 fully saturated rings. The zero-order valence-electron chi connectivity index (χ0n) is 9.08. The van der Waals surface area contributed by atoms with Crippen LogP contribution in [0, 0.1) is 5.92 Å². The molecular weight excluding hydrogens is 224 g/mol. The highest BCUT2D eigenvalue weighted by Crippen LogP contribution is 2.33. The summed E-state index contributed by atoms with van der Waals surface area (Å²) in [7, 11) is 0. The molecule has 1 aliphatic carbocycles. The molecule has 1 aliphatic rings. The van der Waals surface area contributed by atoms with Crippen LogP contribution in [-0.4, -0.2) is 17.4 Å². The van der Waals surface area contributed by atoms with Crippen LogP contribution in [-0.2, 0) is 0 Å². The number of pyridine rings is 1. The minimum Gasteiger partial charge on any atom is -0.352 e. The average molecular weight is 239 g/mol. The third-order valence-electron chi connectivity index (χ3n) is 2.78. The number of carbonyl (C=O) groups excluding carboxylic acids is 1. The molecule has 0 aromatic carbocycles. The van der Waals surface area contributed by atoms with Crippen LogP contribution in [0.3, 0.4) is 0 Å². The van der Waals surface area contributed by atoms with E-state index < -0.39 is 0 Å². The van der Waals surface area contributed by atoms with Gasteiger partial charge in [-0.3, -0.25) is 4.79 Å².